The molecule has 2 aromatic rings. The molecule has 0 fully saturated rings. The first-order valence-corrected chi connectivity index (χ1v) is 7.55. The van der Waals surface area contributed by atoms with Crippen molar-refractivity contribution in [3.8, 4) is 0 Å². The van der Waals surface area contributed by atoms with Crippen molar-refractivity contribution in [3.05, 3.63) is 75.7 Å². The van der Waals surface area contributed by atoms with E-state index in [9.17, 15) is 0 Å². The molecule has 0 aliphatic heterocycles. The van der Waals surface area contributed by atoms with Crippen molar-refractivity contribution in [3.63, 3.8) is 0 Å². The molecular formula is C17H17BrClN. The van der Waals surface area contributed by atoms with Gasteiger partial charge in [0, 0.05) is 35.2 Å². The highest BCUT2D eigenvalue weighted by Crippen LogP contribution is 2.33. The third kappa shape index (κ3) is 3.25. The molecule has 1 nitrogen and oxygen atoms in total. The van der Waals surface area contributed by atoms with Gasteiger partial charge in [0.15, 0.2) is 0 Å². The summed E-state index contributed by atoms with van der Waals surface area (Å²) in [6.07, 6.45) is 1.96. The summed E-state index contributed by atoms with van der Waals surface area (Å²) < 4.78 is 1.01. The average Bonchev–Trinajstić information content (AvgIpc) is 2.42. The Morgan fingerprint density at radius 1 is 1.15 bits per heavy atom. The fourth-order valence-corrected chi connectivity index (χ4v) is 3.11. The number of anilines is 1. The molecule has 0 N–H and O–H groups in total. The number of halogens is 2. The topological polar surface area (TPSA) is 3.24 Å². The summed E-state index contributed by atoms with van der Waals surface area (Å²) in [6, 6.07) is 14.4. The lowest BCUT2D eigenvalue weighted by molar-refractivity contribution is 1.02. The van der Waals surface area contributed by atoms with Crippen LogP contribution in [0.2, 0.25) is 5.02 Å². The molecule has 3 heteroatoms. The molecule has 0 aliphatic carbocycles. The predicted molar refractivity (Wildman–Crippen MR) is 92.0 cm³/mol. The van der Waals surface area contributed by atoms with E-state index < -0.39 is 0 Å². The minimum atomic E-state index is 0.151. The third-order valence-corrected chi connectivity index (χ3v) is 4.22. The number of hydrogen-bond donors (Lipinski definition) is 0. The van der Waals surface area contributed by atoms with Crippen LogP contribution in [0.4, 0.5) is 5.69 Å². The van der Waals surface area contributed by atoms with Crippen molar-refractivity contribution in [1.82, 2.24) is 0 Å². The number of hydrogen-bond acceptors (Lipinski definition) is 1. The zero-order valence-electron chi connectivity index (χ0n) is 11.6. The first-order chi connectivity index (χ1) is 9.52. The predicted octanol–water partition coefficient (Wildman–Crippen LogP) is 5.49. The number of nitrogens with zero attached hydrogens (tertiary/aromatic N) is 1. The van der Waals surface area contributed by atoms with Gasteiger partial charge in [0.1, 0.15) is 0 Å². The lowest BCUT2D eigenvalue weighted by Gasteiger charge is -2.18. The van der Waals surface area contributed by atoms with Crippen LogP contribution in [0, 0.1) is 0 Å². The molecule has 0 bridgehead atoms. The smallest absolute Gasteiger partial charge is 0.0417 e. The van der Waals surface area contributed by atoms with Crippen LogP contribution < -0.4 is 4.90 Å². The van der Waals surface area contributed by atoms with E-state index >= 15 is 0 Å². The molecule has 1 atom stereocenters. The Hall–Kier alpha value is -1.25. The van der Waals surface area contributed by atoms with Gasteiger partial charge in [-0.25, -0.2) is 0 Å². The fraction of sp³-hybridized carbons (Fsp3) is 0.176. The lowest BCUT2D eigenvalue weighted by atomic mass is 9.91. The Morgan fingerprint density at radius 3 is 2.30 bits per heavy atom. The van der Waals surface area contributed by atoms with Crippen molar-refractivity contribution in [1.29, 1.82) is 0 Å². The van der Waals surface area contributed by atoms with Gasteiger partial charge in [-0.3, -0.25) is 0 Å². The van der Waals surface area contributed by atoms with Crippen molar-refractivity contribution >= 4 is 33.2 Å². The maximum absolute atomic E-state index is 6.01. The summed E-state index contributed by atoms with van der Waals surface area (Å²) in [4.78, 5) is 2.09. The minimum absolute atomic E-state index is 0.151. The molecular weight excluding hydrogens is 334 g/mol. The molecule has 0 spiro atoms. The maximum Gasteiger partial charge on any atom is 0.0417 e. The monoisotopic (exact) mass is 349 g/mol. The Balaban J connectivity index is 2.39. The molecule has 2 rings (SSSR count). The van der Waals surface area contributed by atoms with Gasteiger partial charge in [-0.1, -0.05) is 51.8 Å². The summed E-state index contributed by atoms with van der Waals surface area (Å²) in [5, 5.41) is 0.728. The van der Waals surface area contributed by atoms with Gasteiger partial charge < -0.3 is 4.90 Å². The van der Waals surface area contributed by atoms with E-state index in [0.29, 0.717) is 0 Å². The van der Waals surface area contributed by atoms with Crippen LogP contribution >= 0.6 is 27.5 Å². The molecule has 0 saturated heterocycles. The Bertz CT molecular complexity index is 605. The van der Waals surface area contributed by atoms with Gasteiger partial charge in [-0.05, 0) is 35.4 Å². The zero-order chi connectivity index (χ0) is 14.7. The van der Waals surface area contributed by atoms with Gasteiger partial charge in [0.05, 0.1) is 0 Å². The first kappa shape index (κ1) is 15.1. The number of benzene rings is 2. The molecule has 20 heavy (non-hydrogen) atoms. The highest BCUT2D eigenvalue weighted by Gasteiger charge is 2.14. The molecule has 0 amide bonds. The molecule has 2 aromatic carbocycles. The van der Waals surface area contributed by atoms with Crippen LogP contribution in [0.5, 0.6) is 0 Å². The van der Waals surface area contributed by atoms with Gasteiger partial charge in [-0.15, -0.1) is 6.58 Å². The highest BCUT2D eigenvalue weighted by atomic mass is 79.9. The molecule has 0 aromatic heterocycles. The van der Waals surface area contributed by atoms with Crippen molar-refractivity contribution in [2.24, 2.45) is 0 Å². The van der Waals surface area contributed by atoms with E-state index in [1.807, 2.05) is 38.4 Å². The quantitative estimate of drug-likeness (QED) is 0.659. The zero-order valence-corrected chi connectivity index (χ0v) is 13.9. The van der Waals surface area contributed by atoms with Crippen LogP contribution in [0.25, 0.3) is 0 Å². The summed E-state index contributed by atoms with van der Waals surface area (Å²) >= 11 is 9.59. The standard InChI is InChI=1S/C17H17BrClN/c1-4-15(16-10-7-13(19)11-17(16)18)12-5-8-14(9-6-12)20(2)3/h4-11,15H,1H2,2-3H3/t15-/m1/s1. The van der Waals surface area contributed by atoms with Gasteiger partial charge in [0.2, 0.25) is 0 Å². The Morgan fingerprint density at radius 2 is 1.80 bits per heavy atom. The maximum atomic E-state index is 6.01. The van der Waals surface area contributed by atoms with E-state index in [4.69, 9.17) is 11.6 Å². The van der Waals surface area contributed by atoms with E-state index in [-0.39, 0.29) is 5.92 Å². The van der Waals surface area contributed by atoms with Crippen molar-refractivity contribution in [2.75, 3.05) is 19.0 Å². The van der Waals surface area contributed by atoms with Gasteiger partial charge >= 0.3 is 0 Å². The van der Waals surface area contributed by atoms with Crippen molar-refractivity contribution < 1.29 is 0 Å². The van der Waals surface area contributed by atoms with Crippen LogP contribution in [0.1, 0.15) is 17.0 Å². The van der Waals surface area contributed by atoms with Gasteiger partial charge in [0.25, 0.3) is 0 Å². The second kappa shape index (κ2) is 6.47. The SMILES string of the molecule is C=C[C@H](c1ccc(N(C)C)cc1)c1ccc(Cl)cc1Br. The average molecular weight is 351 g/mol. The fourth-order valence-electron chi connectivity index (χ4n) is 2.18. The van der Waals surface area contributed by atoms with Crippen LogP contribution in [0.15, 0.2) is 59.6 Å². The molecule has 0 heterocycles. The van der Waals surface area contributed by atoms with E-state index in [1.165, 1.54) is 16.8 Å². The normalized spacial score (nSPS) is 12.0. The second-order valence-electron chi connectivity index (χ2n) is 4.87. The van der Waals surface area contributed by atoms with Crippen LogP contribution in [-0.2, 0) is 0 Å². The number of rotatable bonds is 4. The Kier molecular flexibility index (Phi) is 4.90. The largest absolute Gasteiger partial charge is 0.378 e. The summed E-state index contributed by atoms with van der Waals surface area (Å²) in [5.74, 6) is 0.151. The summed E-state index contributed by atoms with van der Waals surface area (Å²) in [6.45, 7) is 3.97. The van der Waals surface area contributed by atoms with Gasteiger partial charge in [-0.2, -0.15) is 0 Å². The van der Waals surface area contributed by atoms with E-state index in [0.717, 1.165) is 9.50 Å². The third-order valence-electron chi connectivity index (χ3n) is 3.30. The lowest BCUT2D eigenvalue weighted by Crippen LogP contribution is -2.08. The Labute approximate surface area is 134 Å². The van der Waals surface area contributed by atoms with E-state index in [2.05, 4.69) is 51.7 Å². The number of allylic oxidation sites excluding steroid dienone is 1. The first-order valence-electron chi connectivity index (χ1n) is 6.37. The van der Waals surface area contributed by atoms with Crippen molar-refractivity contribution in [2.45, 2.75) is 5.92 Å². The molecule has 0 aliphatic rings. The van der Waals surface area contributed by atoms with E-state index in [1.54, 1.807) is 0 Å². The van der Waals surface area contributed by atoms with Crippen LogP contribution in [-0.4, -0.2) is 14.1 Å². The highest BCUT2D eigenvalue weighted by molar-refractivity contribution is 9.10. The molecule has 0 radical (unpaired) electrons. The second-order valence-corrected chi connectivity index (χ2v) is 6.16. The minimum Gasteiger partial charge on any atom is -0.378 e. The molecule has 0 unspecified atom stereocenters. The molecule has 0 saturated carbocycles. The summed E-state index contributed by atoms with van der Waals surface area (Å²) in [7, 11) is 4.07. The molecule has 104 valence electrons. The van der Waals surface area contributed by atoms with Crippen LogP contribution in [0.3, 0.4) is 0 Å². The summed E-state index contributed by atoms with van der Waals surface area (Å²) in [5.41, 5.74) is 3.57.